The summed E-state index contributed by atoms with van der Waals surface area (Å²) in [6.07, 6.45) is 8.93. The second-order valence-electron chi connectivity index (χ2n) is 9.27. The Hall–Kier alpha value is 0.0738. The van der Waals surface area contributed by atoms with E-state index in [-0.39, 0.29) is 0 Å². The van der Waals surface area contributed by atoms with Crippen LogP contribution in [-0.2, 0) is 36.0 Å². The molecule has 0 amide bonds. The van der Waals surface area contributed by atoms with Crippen molar-refractivity contribution in [2.75, 3.05) is 79.2 Å². The van der Waals surface area contributed by atoms with Gasteiger partial charge in [0.2, 0.25) is 0 Å². The first-order chi connectivity index (χ1) is 19.1. The van der Waals surface area contributed by atoms with Gasteiger partial charge >= 0.3 is 17.6 Å². The molecule has 0 aromatic rings. The van der Waals surface area contributed by atoms with Gasteiger partial charge in [-0.1, -0.05) is 25.7 Å². The topological polar surface area (TPSA) is 85.9 Å². The van der Waals surface area contributed by atoms with Crippen molar-refractivity contribution in [2.45, 2.75) is 105 Å². The van der Waals surface area contributed by atoms with Crippen LogP contribution in [0.5, 0.6) is 0 Å². The van der Waals surface area contributed by atoms with Gasteiger partial charge in [-0.25, -0.2) is 0 Å². The summed E-state index contributed by atoms with van der Waals surface area (Å²) >= 11 is 0. The van der Waals surface area contributed by atoms with E-state index in [9.17, 15) is 0 Å². The van der Waals surface area contributed by atoms with Crippen LogP contribution in [0, 0.1) is 0 Å². The Morgan fingerprint density at radius 1 is 0.385 bits per heavy atom. The molecule has 9 nitrogen and oxygen atoms in total. The highest BCUT2D eigenvalue weighted by molar-refractivity contribution is 6.61. The molecular weight excluding hydrogens is 534 g/mol. The minimum absolute atomic E-state index is 0.642. The van der Waals surface area contributed by atoms with Crippen molar-refractivity contribution in [3.8, 4) is 0 Å². The molecule has 0 saturated carbocycles. The van der Waals surface area contributed by atoms with Gasteiger partial charge in [0, 0.05) is 78.0 Å². The monoisotopic (exact) mass is 597 g/mol. The Morgan fingerprint density at radius 2 is 0.692 bits per heavy atom. The summed E-state index contributed by atoms with van der Waals surface area (Å²) in [5, 5.41) is 3.39. The number of unbranched alkanes of at least 4 members (excludes halogenated alkanes) is 6. The van der Waals surface area contributed by atoms with E-state index in [0.29, 0.717) is 39.6 Å². The van der Waals surface area contributed by atoms with Crippen molar-refractivity contribution in [1.29, 1.82) is 0 Å². The number of nitrogens with one attached hydrogen (secondary N) is 1. The van der Waals surface area contributed by atoms with Crippen LogP contribution in [0.4, 0.5) is 0 Å². The lowest BCUT2D eigenvalue weighted by Gasteiger charge is -2.28. The Morgan fingerprint density at radius 3 is 1.00 bits per heavy atom. The van der Waals surface area contributed by atoms with E-state index in [0.717, 1.165) is 103 Å². The second-order valence-corrected chi connectivity index (χ2v) is 14.7. The average Bonchev–Trinajstić information content (AvgIpc) is 2.91. The minimum Gasteiger partial charge on any atom is -0.380 e. The molecule has 0 heterocycles. The summed E-state index contributed by atoms with van der Waals surface area (Å²) in [4.78, 5) is 0. The summed E-state index contributed by atoms with van der Waals surface area (Å²) < 4.78 is 47.0. The van der Waals surface area contributed by atoms with E-state index < -0.39 is 17.6 Å². The largest absolute Gasteiger partial charge is 0.500 e. The van der Waals surface area contributed by atoms with Crippen molar-refractivity contribution in [3.63, 3.8) is 0 Å². The number of hydrogen-bond acceptors (Lipinski definition) is 9. The molecule has 0 saturated heterocycles. The van der Waals surface area contributed by atoms with Crippen LogP contribution in [-0.4, -0.2) is 96.8 Å². The number of rotatable bonds is 32. The number of ether oxygens (including phenoxy) is 2. The van der Waals surface area contributed by atoms with Crippen molar-refractivity contribution in [3.05, 3.63) is 0 Å². The lowest BCUT2D eigenvalue weighted by atomic mass is 10.2. The summed E-state index contributed by atoms with van der Waals surface area (Å²) in [5.41, 5.74) is 0. The molecule has 1 N–H and O–H groups in total. The quantitative estimate of drug-likeness (QED) is 0.0761. The first-order valence-corrected chi connectivity index (χ1v) is 19.6. The molecule has 39 heavy (non-hydrogen) atoms. The van der Waals surface area contributed by atoms with E-state index in [1.165, 1.54) is 0 Å². The van der Waals surface area contributed by atoms with Gasteiger partial charge in [0.25, 0.3) is 0 Å². The predicted molar refractivity (Wildman–Crippen MR) is 162 cm³/mol. The molecule has 0 aliphatic heterocycles. The molecule has 11 heteroatoms. The molecular formula is C28H63NO8Si2. The lowest BCUT2D eigenvalue weighted by Crippen LogP contribution is -2.45. The third kappa shape index (κ3) is 21.4. The first-order valence-electron chi connectivity index (χ1n) is 15.8. The minimum atomic E-state index is -2.48. The predicted octanol–water partition coefficient (Wildman–Crippen LogP) is 5.83. The van der Waals surface area contributed by atoms with Gasteiger partial charge in [-0.05, 0) is 67.2 Å². The van der Waals surface area contributed by atoms with E-state index in [1.807, 2.05) is 41.5 Å². The molecule has 0 fully saturated rings. The molecule has 0 unspecified atom stereocenters. The van der Waals surface area contributed by atoms with Gasteiger partial charge in [0.05, 0.1) is 13.2 Å². The highest BCUT2D eigenvalue weighted by atomic mass is 28.4. The standard InChI is InChI=1S/C28H63NO8Si2/c1-7-32-38(33-8-2,34-9-3)27-19-15-13-17-23-30-25-21-29-22-26-31-24-18-14-16-20-28-39(35-10-4,36-11-5)37-12-6/h29H,7-28H2,1-6H3. The maximum atomic E-state index is 5.92. The summed E-state index contributed by atoms with van der Waals surface area (Å²) in [7, 11) is -4.96. The maximum Gasteiger partial charge on any atom is 0.500 e. The SMILES string of the molecule is CCO[Si](CCCCCCOCCNCCOCCCCCC[Si](OCC)(OCC)OCC)(OCC)OCC. The molecule has 0 radical (unpaired) electrons. The van der Waals surface area contributed by atoms with Gasteiger partial charge in [-0.3, -0.25) is 0 Å². The Labute approximate surface area is 243 Å². The molecule has 236 valence electrons. The second kappa shape index (κ2) is 28.2. The van der Waals surface area contributed by atoms with Crippen LogP contribution in [0.15, 0.2) is 0 Å². The molecule has 0 aromatic heterocycles. The molecule has 0 aliphatic rings. The Bertz CT molecular complexity index is 432. The van der Waals surface area contributed by atoms with Crippen molar-refractivity contribution < 1.29 is 36.0 Å². The maximum absolute atomic E-state index is 5.92. The van der Waals surface area contributed by atoms with E-state index >= 15 is 0 Å². The van der Waals surface area contributed by atoms with Crippen molar-refractivity contribution >= 4 is 17.6 Å². The van der Waals surface area contributed by atoms with Gasteiger partial charge in [0.1, 0.15) is 0 Å². The molecule has 0 atom stereocenters. The van der Waals surface area contributed by atoms with E-state index in [1.54, 1.807) is 0 Å². The fraction of sp³-hybridized carbons (Fsp3) is 1.00. The zero-order valence-electron chi connectivity index (χ0n) is 26.3. The molecule has 0 aromatic carbocycles. The highest BCUT2D eigenvalue weighted by Crippen LogP contribution is 2.21. The molecule has 0 bridgehead atoms. The summed E-state index contributed by atoms with van der Waals surface area (Å²) in [5.74, 6) is 0. The van der Waals surface area contributed by atoms with E-state index in [4.69, 9.17) is 36.0 Å². The van der Waals surface area contributed by atoms with Crippen LogP contribution in [0.2, 0.25) is 12.1 Å². The third-order valence-electron chi connectivity index (χ3n) is 6.08. The summed E-state index contributed by atoms with van der Waals surface area (Å²) in [6, 6.07) is 1.80. The van der Waals surface area contributed by atoms with Gasteiger partial charge < -0.3 is 41.3 Å². The van der Waals surface area contributed by atoms with Crippen LogP contribution in [0.3, 0.4) is 0 Å². The van der Waals surface area contributed by atoms with Crippen molar-refractivity contribution in [1.82, 2.24) is 5.32 Å². The van der Waals surface area contributed by atoms with Gasteiger partial charge in [-0.15, -0.1) is 0 Å². The van der Waals surface area contributed by atoms with E-state index in [2.05, 4.69) is 5.32 Å². The zero-order valence-corrected chi connectivity index (χ0v) is 28.3. The van der Waals surface area contributed by atoms with Crippen LogP contribution in [0.1, 0.15) is 92.9 Å². The zero-order chi connectivity index (χ0) is 28.9. The summed E-state index contributed by atoms with van der Waals surface area (Å²) in [6.45, 7) is 20.7. The number of hydrogen-bond donors (Lipinski definition) is 1. The van der Waals surface area contributed by atoms with Crippen LogP contribution < -0.4 is 5.32 Å². The highest BCUT2D eigenvalue weighted by Gasteiger charge is 2.40. The third-order valence-corrected chi connectivity index (χ3v) is 12.4. The fourth-order valence-corrected chi connectivity index (χ4v) is 9.79. The van der Waals surface area contributed by atoms with Gasteiger partial charge in [0.15, 0.2) is 0 Å². The smallest absolute Gasteiger partial charge is 0.380 e. The lowest BCUT2D eigenvalue weighted by molar-refractivity contribution is 0.0697. The van der Waals surface area contributed by atoms with Gasteiger partial charge in [-0.2, -0.15) is 0 Å². The van der Waals surface area contributed by atoms with Crippen LogP contribution in [0.25, 0.3) is 0 Å². The average molecular weight is 598 g/mol. The molecule has 0 spiro atoms. The fourth-order valence-electron chi connectivity index (χ4n) is 4.42. The Kier molecular flexibility index (Phi) is 28.3. The van der Waals surface area contributed by atoms with Crippen LogP contribution >= 0.6 is 0 Å². The molecule has 0 rings (SSSR count). The molecule has 0 aliphatic carbocycles. The first kappa shape index (κ1) is 39.1. The Balaban J connectivity index is 3.57. The van der Waals surface area contributed by atoms with Crippen molar-refractivity contribution in [2.24, 2.45) is 0 Å². The normalized spacial score (nSPS) is 12.5.